The molecular formula is C18H21NO2. The second kappa shape index (κ2) is 6.44. The summed E-state index contributed by atoms with van der Waals surface area (Å²) in [6, 6.07) is 16.4. The van der Waals surface area contributed by atoms with Crippen LogP contribution in [0, 0.1) is 0 Å². The van der Waals surface area contributed by atoms with Crippen LogP contribution in [0.4, 0.5) is 5.69 Å². The van der Waals surface area contributed by atoms with Gasteiger partial charge in [-0.3, -0.25) is 4.79 Å². The summed E-state index contributed by atoms with van der Waals surface area (Å²) in [6.45, 7) is 1.94. The van der Waals surface area contributed by atoms with Crippen LogP contribution < -0.4 is 4.90 Å². The summed E-state index contributed by atoms with van der Waals surface area (Å²) in [6.07, 6.45) is 0.160. The number of para-hydroxylation sites is 1. The molecule has 0 spiro atoms. The Hall–Kier alpha value is -2.29. The Morgan fingerprint density at radius 3 is 2.29 bits per heavy atom. The number of hydrogen-bond acceptors (Lipinski definition) is 2. The molecule has 3 heteroatoms. The Bertz CT molecular complexity index is 617. The molecule has 0 saturated heterocycles. The molecule has 0 heterocycles. The topological polar surface area (TPSA) is 40.5 Å². The summed E-state index contributed by atoms with van der Waals surface area (Å²) in [5.74, 6) is -0.731. The molecule has 0 bridgehead atoms. The molecule has 1 N–H and O–H groups in total. The second-order valence-corrected chi connectivity index (χ2v) is 5.53. The fourth-order valence-electron chi connectivity index (χ4n) is 2.48. The molecule has 0 amide bonds. The molecule has 110 valence electrons. The van der Waals surface area contributed by atoms with Gasteiger partial charge in [-0.25, -0.2) is 0 Å². The van der Waals surface area contributed by atoms with Gasteiger partial charge >= 0.3 is 5.97 Å². The first-order valence-corrected chi connectivity index (χ1v) is 7.07. The zero-order chi connectivity index (χ0) is 15.4. The average Bonchev–Trinajstić information content (AvgIpc) is 2.46. The summed E-state index contributed by atoms with van der Waals surface area (Å²) in [5.41, 5.74) is 4.55. The van der Waals surface area contributed by atoms with E-state index in [0.717, 1.165) is 11.1 Å². The molecule has 2 aromatic rings. The van der Waals surface area contributed by atoms with Gasteiger partial charge in [0.25, 0.3) is 0 Å². The Morgan fingerprint density at radius 1 is 1.10 bits per heavy atom. The highest BCUT2D eigenvalue weighted by atomic mass is 16.4. The van der Waals surface area contributed by atoms with Gasteiger partial charge in [-0.2, -0.15) is 0 Å². The number of carbonyl (C=O) groups is 1. The van der Waals surface area contributed by atoms with Crippen molar-refractivity contribution in [2.75, 3.05) is 19.0 Å². The molecule has 0 aliphatic rings. The summed E-state index contributed by atoms with van der Waals surface area (Å²) in [5, 5.41) is 8.87. The lowest BCUT2D eigenvalue weighted by molar-refractivity contribution is -0.137. The minimum Gasteiger partial charge on any atom is -0.481 e. The van der Waals surface area contributed by atoms with Crippen LogP contribution >= 0.6 is 0 Å². The highest BCUT2D eigenvalue weighted by molar-refractivity contribution is 5.78. The van der Waals surface area contributed by atoms with Crippen molar-refractivity contribution in [3.63, 3.8) is 0 Å². The first-order chi connectivity index (χ1) is 9.99. The van der Waals surface area contributed by atoms with Gasteiger partial charge in [-0.15, -0.1) is 0 Å². The SMILES string of the molecule is CC(CC(=O)O)c1ccc(-c2ccccc2N(C)C)cc1. The van der Waals surface area contributed by atoms with Crippen molar-refractivity contribution >= 4 is 11.7 Å². The monoisotopic (exact) mass is 283 g/mol. The fraction of sp³-hybridized carbons (Fsp3) is 0.278. The maximum absolute atomic E-state index is 10.8. The van der Waals surface area contributed by atoms with E-state index in [2.05, 4.69) is 29.2 Å². The number of anilines is 1. The van der Waals surface area contributed by atoms with Crippen molar-refractivity contribution in [2.45, 2.75) is 19.3 Å². The molecular weight excluding hydrogens is 262 g/mol. The molecule has 1 unspecified atom stereocenters. The molecule has 0 aromatic heterocycles. The van der Waals surface area contributed by atoms with E-state index >= 15 is 0 Å². The molecule has 0 aliphatic carbocycles. The van der Waals surface area contributed by atoms with Crippen LogP contribution in [0.2, 0.25) is 0 Å². The lowest BCUT2D eigenvalue weighted by atomic mass is 9.95. The molecule has 0 aliphatic heterocycles. The highest BCUT2D eigenvalue weighted by Crippen LogP contribution is 2.31. The molecule has 2 aromatic carbocycles. The third-order valence-corrected chi connectivity index (χ3v) is 3.66. The largest absolute Gasteiger partial charge is 0.481 e. The minimum absolute atomic E-state index is 0.0284. The van der Waals surface area contributed by atoms with Gasteiger partial charge < -0.3 is 10.0 Å². The van der Waals surface area contributed by atoms with Gasteiger partial charge in [0.15, 0.2) is 0 Å². The van der Waals surface area contributed by atoms with Crippen molar-refractivity contribution in [1.82, 2.24) is 0 Å². The van der Waals surface area contributed by atoms with Crippen LogP contribution in [0.5, 0.6) is 0 Å². The normalized spacial score (nSPS) is 12.0. The molecule has 21 heavy (non-hydrogen) atoms. The number of aliphatic carboxylic acids is 1. The fourth-order valence-corrected chi connectivity index (χ4v) is 2.48. The van der Waals surface area contributed by atoms with Crippen LogP contribution in [-0.2, 0) is 4.79 Å². The van der Waals surface area contributed by atoms with Crippen LogP contribution in [0.1, 0.15) is 24.8 Å². The van der Waals surface area contributed by atoms with Crippen molar-refractivity contribution in [3.8, 4) is 11.1 Å². The van der Waals surface area contributed by atoms with E-state index in [1.54, 1.807) is 0 Å². The number of carboxylic acids is 1. The Morgan fingerprint density at radius 2 is 1.71 bits per heavy atom. The third-order valence-electron chi connectivity index (χ3n) is 3.66. The maximum atomic E-state index is 10.8. The average molecular weight is 283 g/mol. The summed E-state index contributed by atoms with van der Waals surface area (Å²) >= 11 is 0. The number of hydrogen-bond donors (Lipinski definition) is 1. The van der Waals surface area contributed by atoms with Crippen molar-refractivity contribution in [3.05, 3.63) is 54.1 Å². The van der Waals surface area contributed by atoms with Crippen LogP contribution in [0.25, 0.3) is 11.1 Å². The van der Waals surface area contributed by atoms with E-state index in [1.165, 1.54) is 11.3 Å². The molecule has 0 radical (unpaired) electrons. The van der Waals surface area contributed by atoms with Gasteiger partial charge in [0.1, 0.15) is 0 Å². The Balaban J connectivity index is 2.29. The smallest absolute Gasteiger partial charge is 0.303 e. The van der Waals surface area contributed by atoms with Gasteiger partial charge in [0.05, 0.1) is 6.42 Å². The highest BCUT2D eigenvalue weighted by Gasteiger charge is 2.11. The van der Waals surface area contributed by atoms with E-state index in [-0.39, 0.29) is 12.3 Å². The number of carboxylic acid groups (broad SMARTS) is 1. The van der Waals surface area contributed by atoms with Gasteiger partial charge in [0, 0.05) is 25.3 Å². The van der Waals surface area contributed by atoms with Gasteiger partial charge in [-0.05, 0) is 23.1 Å². The molecule has 3 nitrogen and oxygen atoms in total. The van der Waals surface area contributed by atoms with E-state index in [0.29, 0.717) is 0 Å². The molecule has 1 atom stereocenters. The van der Waals surface area contributed by atoms with Crippen LogP contribution in [0.15, 0.2) is 48.5 Å². The molecule has 2 rings (SSSR count). The van der Waals surface area contributed by atoms with E-state index in [4.69, 9.17) is 5.11 Å². The third kappa shape index (κ3) is 3.63. The molecule has 0 fully saturated rings. The minimum atomic E-state index is -0.760. The van der Waals surface area contributed by atoms with Crippen LogP contribution in [0.3, 0.4) is 0 Å². The van der Waals surface area contributed by atoms with E-state index in [9.17, 15) is 4.79 Å². The predicted octanol–water partition coefficient (Wildman–Crippen LogP) is 4.00. The van der Waals surface area contributed by atoms with E-state index in [1.807, 2.05) is 45.3 Å². The maximum Gasteiger partial charge on any atom is 0.303 e. The van der Waals surface area contributed by atoms with E-state index < -0.39 is 5.97 Å². The quantitative estimate of drug-likeness (QED) is 0.901. The summed E-state index contributed by atoms with van der Waals surface area (Å²) in [4.78, 5) is 12.9. The number of rotatable bonds is 5. The zero-order valence-corrected chi connectivity index (χ0v) is 12.7. The summed E-state index contributed by atoms with van der Waals surface area (Å²) < 4.78 is 0. The van der Waals surface area contributed by atoms with Crippen molar-refractivity contribution < 1.29 is 9.90 Å². The summed E-state index contributed by atoms with van der Waals surface area (Å²) in [7, 11) is 4.06. The number of benzene rings is 2. The Kier molecular flexibility index (Phi) is 4.63. The van der Waals surface area contributed by atoms with Gasteiger partial charge in [-0.1, -0.05) is 49.4 Å². The van der Waals surface area contributed by atoms with Crippen molar-refractivity contribution in [2.24, 2.45) is 0 Å². The number of nitrogens with zero attached hydrogens (tertiary/aromatic N) is 1. The second-order valence-electron chi connectivity index (χ2n) is 5.53. The lowest BCUT2D eigenvalue weighted by Crippen LogP contribution is -2.09. The first-order valence-electron chi connectivity index (χ1n) is 7.07. The molecule has 0 saturated carbocycles. The zero-order valence-electron chi connectivity index (χ0n) is 12.7. The Labute approximate surface area is 125 Å². The predicted molar refractivity (Wildman–Crippen MR) is 86.9 cm³/mol. The van der Waals surface area contributed by atoms with Crippen LogP contribution in [-0.4, -0.2) is 25.2 Å². The van der Waals surface area contributed by atoms with Gasteiger partial charge in [0.2, 0.25) is 0 Å². The standard InChI is InChI=1S/C18H21NO2/c1-13(12-18(20)21)14-8-10-15(11-9-14)16-6-4-5-7-17(16)19(2)3/h4-11,13H,12H2,1-3H3,(H,20,21). The lowest BCUT2D eigenvalue weighted by Gasteiger charge is -2.18. The van der Waals surface area contributed by atoms with Crippen molar-refractivity contribution in [1.29, 1.82) is 0 Å². The first kappa shape index (κ1) is 15.1.